The number of nitrogens with two attached hydrogens (primary N) is 1. The number of halogens is 1. The number of quaternary nitrogens is 1. The highest BCUT2D eigenvalue weighted by Crippen LogP contribution is 2.29. The number of nitrogens with one attached hydrogen (secondary N) is 4. The molecule has 3 amide bonds. The van der Waals surface area contributed by atoms with Crippen LogP contribution in [0.1, 0.15) is 187 Å². The first kappa shape index (κ1) is 93.6. The number of hydrogen-bond acceptors (Lipinski definition) is 24. The number of carbonyl (C=O) groups is 6. The number of thiazole rings is 4. The predicted octanol–water partition coefficient (Wildman–Crippen LogP) is 16.8. The summed E-state index contributed by atoms with van der Waals surface area (Å²) < 4.78 is 34.4. The van der Waals surface area contributed by atoms with Gasteiger partial charge in [0.2, 0.25) is 17.7 Å². The zero-order chi connectivity index (χ0) is 82.1. The van der Waals surface area contributed by atoms with Gasteiger partial charge in [-0.25, -0.2) is 28.4 Å². The lowest BCUT2D eigenvalue weighted by Crippen LogP contribution is -2.30. The Morgan fingerprint density at radius 1 is 0.388 bits per heavy atom. The number of hydrogen-bond donors (Lipinski definition) is 6. The van der Waals surface area contributed by atoms with Gasteiger partial charge in [-0.2, -0.15) is 0 Å². The largest absolute Gasteiger partial charge is 0.731 e. The number of aromatic nitrogens is 4. The minimum atomic E-state index is -4.60. The van der Waals surface area contributed by atoms with Crippen LogP contribution in [0.15, 0.2) is 210 Å². The molecule has 11 aromatic rings. The van der Waals surface area contributed by atoms with E-state index in [1.54, 1.807) is 133 Å². The van der Waals surface area contributed by atoms with Crippen molar-refractivity contribution in [2.75, 3.05) is 4.72 Å². The van der Waals surface area contributed by atoms with E-state index in [0.29, 0.717) is 42.4 Å². The third-order valence-electron chi connectivity index (χ3n) is 17.4. The zero-order valence-electron chi connectivity index (χ0n) is 64.2. The molecule has 610 valence electrons. The maximum Gasteiger partial charge on any atom is 0.269 e. The molecule has 34 heteroatoms. The summed E-state index contributed by atoms with van der Waals surface area (Å²) in [5.41, 5.74) is 15.5. The molecule has 0 aliphatic carbocycles. The molecule has 4 heterocycles. The summed E-state index contributed by atoms with van der Waals surface area (Å²) in [6.07, 6.45) is 5.77. The van der Waals surface area contributed by atoms with Gasteiger partial charge in [0, 0.05) is 119 Å². The topological polar surface area (TPSA) is 451 Å². The first-order chi connectivity index (χ1) is 54.7. The van der Waals surface area contributed by atoms with Crippen molar-refractivity contribution in [2.24, 2.45) is 5.73 Å². The summed E-state index contributed by atoms with van der Waals surface area (Å²) in [6, 6.07) is 50.7. The number of aryl methyl sites for hydroxylation is 4. The fourth-order valence-corrected chi connectivity index (χ4v) is 15.3. The van der Waals surface area contributed by atoms with E-state index in [0.717, 1.165) is 90.7 Å². The number of nitrogens with zero attached hydrogens (tertiary/aromatic N) is 7. The summed E-state index contributed by atoms with van der Waals surface area (Å²) in [7, 11) is -4.60. The number of carbonyl (C=O) groups excluding carboxylic acids is 6. The molecule has 0 saturated heterocycles. The number of benzene rings is 7. The van der Waals surface area contributed by atoms with E-state index in [1.165, 1.54) is 82.5 Å². The van der Waals surface area contributed by atoms with Crippen molar-refractivity contribution >= 4 is 130 Å². The van der Waals surface area contributed by atoms with Gasteiger partial charge in [-0.05, 0) is 85.8 Å². The van der Waals surface area contributed by atoms with Crippen LogP contribution >= 0.6 is 62.3 Å². The predicted molar refractivity (Wildman–Crippen MR) is 456 cm³/mol. The van der Waals surface area contributed by atoms with Crippen LogP contribution in [0.3, 0.4) is 0 Å². The third-order valence-corrected chi connectivity index (χ3v) is 21.9. The van der Waals surface area contributed by atoms with Crippen molar-refractivity contribution in [3.05, 3.63) is 322 Å². The number of amides is 3. The monoisotopic (exact) mass is 1740 g/mol. The molecule has 7 aromatic carbocycles. The minimum Gasteiger partial charge on any atom is -0.731 e. The molecular formula is C82H90BrN13O15S5. The summed E-state index contributed by atoms with van der Waals surface area (Å²) in [5, 5.41) is 52.4. The van der Waals surface area contributed by atoms with E-state index in [9.17, 15) is 72.1 Å². The van der Waals surface area contributed by atoms with Gasteiger partial charge in [0.15, 0.2) is 27.7 Å². The Morgan fingerprint density at radius 2 is 0.638 bits per heavy atom. The van der Waals surface area contributed by atoms with Crippen LogP contribution in [0.4, 0.5) is 22.7 Å². The van der Waals surface area contributed by atoms with Gasteiger partial charge >= 0.3 is 0 Å². The molecule has 0 unspecified atom stereocenters. The molecule has 4 atom stereocenters. The van der Waals surface area contributed by atoms with Crippen LogP contribution in [-0.2, 0) is 76.1 Å². The summed E-state index contributed by atoms with van der Waals surface area (Å²) >= 11 is 5.96. The Hall–Kier alpha value is -11.2. The second-order valence-corrected chi connectivity index (χ2v) is 30.5. The normalized spacial score (nSPS) is 11.7. The van der Waals surface area contributed by atoms with Crippen molar-refractivity contribution in [3.8, 4) is 0 Å². The molecule has 0 aliphatic heterocycles. The van der Waals surface area contributed by atoms with Crippen LogP contribution < -0.4 is 32.6 Å². The highest BCUT2D eigenvalue weighted by molar-refractivity contribution is 8.93. The number of nitro groups is 3. The molecule has 0 spiro atoms. The second kappa shape index (κ2) is 47.6. The number of ketones is 3. The Morgan fingerprint density at radius 3 is 0.888 bits per heavy atom. The maximum absolute atomic E-state index is 12.6. The first-order valence-electron chi connectivity index (χ1n) is 36.4. The van der Waals surface area contributed by atoms with E-state index >= 15 is 0 Å². The number of non-ortho nitro benzene ring substituents is 3. The molecule has 11 rings (SSSR count). The van der Waals surface area contributed by atoms with Gasteiger partial charge in [0.05, 0.1) is 61.7 Å². The van der Waals surface area contributed by atoms with Gasteiger partial charge in [0.1, 0.15) is 20.0 Å². The van der Waals surface area contributed by atoms with Gasteiger partial charge in [-0.15, -0.1) is 62.3 Å². The molecule has 28 nitrogen and oxygen atoms in total. The fourth-order valence-electron chi connectivity index (χ4n) is 11.1. The molecule has 4 aromatic heterocycles. The van der Waals surface area contributed by atoms with Crippen LogP contribution in [0.5, 0.6) is 0 Å². The van der Waals surface area contributed by atoms with E-state index < -0.39 is 31.1 Å². The highest BCUT2D eigenvalue weighted by atomic mass is 79.9. The minimum absolute atomic E-state index is 0. The van der Waals surface area contributed by atoms with Crippen molar-refractivity contribution in [3.63, 3.8) is 0 Å². The molecular weight excluding hydrogens is 1650 g/mol. The number of nitro benzene ring substituents is 3. The van der Waals surface area contributed by atoms with Crippen LogP contribution in [0.25, 0.3) is 0 Å². The van der Waals surface area contributed by atoms with E-state index in [-0.39, 0.29) is 138 Å². The summed E-state index contributed by atoms with van der Waals surface area (Å²) in [4.78, 5) is 124. The lowest BCUT2D eigenvalue weighted by atomic mass is 10.0. The SMILES string of the molecule is Br.CCc1csc([C@@H](N)Cc2ccc([N+](=O)[O-])cc2)n1.CCc1csc([C@H](Cc2ccc(NS(=O)(=O)[O-])cc2)NC(=O)CCC(=O)c2ccccc2)n1.CCc1csc([C@H](Cc2ccc([N+](=O)[O-])cc2)NC(=O)CCC(=O)c2ccccc2)n1.CCc1csc([C@H](Cc2ccc([N+](=O)[O-])cc2)NC(=O)CCC(=O)c2ccccc2)n1.[NH4+]. The molecule has 116 heavy (non-hydrogen) atoms. The van der Waals surface area contributed by atoms with Gasteiger partial charge in [-0.1, -0.05) is 167 Å². The van der Waals surface area contributed by atoms with Crippen LogP contribution in [0.2, 0.25) is 0 Å². The molecule has 0 saturated carbocycles. The average Bonchev–Trinajstić information content (AvgIpc) is 1.66. The lowest BCUT2D eigenvalue weighted by molar-refractivity contribution is -0.385. The van der Waals surface area contributed by atoms with Crippen molar-refractivity contribution in [1.29, 1.82) is 0 Å². The Kier molecular flexibility index (Phi) is 38.4. The highest BCUT2D eigenvalue weighted by Gasteiger charge is 2.25. The summed E-state index contributed by atoms with van der Waals surface area (Å²) in [5.74, 6) is -0.973. The average molecular weight is 1740 g/mol. The Labute approximate surface area is 698 Å². The molecule has 0 fully saturated rings. The van der Waals surface area contributed by atoms with Crippen LogP contribution in [0, 0.1) is 30.3 Å². The van der Waals surface area contributed by atoms with Gasteiger partial charge < -0.3 is 32.4 Å². The molecule has 0 aliphatic rings. The fraction of sp³-hybridized carbons (Fsp3) is 0.268. The lowest BCUT2D eigenvalue weighted by Gasteiger charge is -2.17. The number of rotatable bonds is 36. The van der Waals surface area contributed by atoms with Crippen LogP contribution in [-0.4, -0.2) is 82.7 Å². The van der Waals surface area contributed by atoms with Crippen molar-refractivity contribution < 1.29 is 56.5 Å². The quantitative estimate of drug-likeness (QED) is 0.00919. The first-order valence-corrected chi connectivity index (χ1v) is 41.4. The Bertz CT molecular complexity index is 4950. The molecule has 10 N–H and O–H groups in total. The zero-order valence-corrected chi connectivity index (χ0v) is 70.0. The van der Waals surface area contributed by atoms with Gasteiger partial charge in [-0.3, -0.25) is 63.8 Å². The third kappa shape index (κ3) is 31.2. The smallest absolute Gasteiger partial charge is 0.269 e. The van der Waals surface area contributed by atoms with E-state index in [4.69, 9.17) is 5.73 Å². The summed E-state index contributed by atoms with van der Waals surface area (Å²) in [6.45, 7) is 8.08. The van der Waals surface area contributed by atoms with Crippen molar-refractivity contribution in [1.82, 2.24) is 42.0 Å². The van der Waals surface area contributed by atoms with E-state index in [2.05, 4.69) is 42.8 Å². The number of anilines is 1. The second-order valence-electron chi connectivity index (χ2n) is 25.8. The standard InChI is InChI=1S/C23H25N3O5S2.2C23H23N3O4S.C13H15N3O2S.BrH.H3N/c1-2-18-15-32-23(24-18)20(14-16-8-10-19(11-9-16)26-33(29,30)31)25-22(28)13-12-21(27)17-6-4-3-5-7-17;2*1-2-18-15-31-23(24-18)20(14-16-8-10-19(11-9-16)26(29)30)25-22(28)13-12-21(27)17-6-4-3-5-7-17;1-2-10-8-19-13(15-10)12(14)7-9-3-5-11(6-4-9)16(17)18;;/h3-11,15,20,26H,2,12-14H2,1H3,(H,25,28)(H,29,30,31);2*3-11,15,20H,2,12-14H2,1H3,(H,25,28);3-6,8,12H,2,7,14H2,1H3;1H;1H3/t3*20-;12-;;/m0000../s1. The Balaban J connectivity index is 0.000000243. The van der Waals surface area contributed by atoms with Gasteiger partial charge in [0.25, 0.3) is 17.1 Å². The van der Waals surface area contributed by atoms with E-state index in [1.807, 2.05) is 65.2 Å². The molecule has 0 bridgehead atoms. The maximum atomic E-state index is 12.6. The van der Waals surface area contributed by atoms with Crippen molar-refractivity contribution in [2.45, 2.75) is 142 Å². The number of Topliss-reactive ketones (excluding diaryl/α,β-unsaturated/α-hetero) is 3. The molecule has 0 radical (unpaired) electrons.